The van der Waals surface area contributed by atoms with Gasteiger partial charge in [-0.05, 0) is 20.8 Å². The van der Waals surface area contributed by atoms with Gasteiger partial charge in [-0.15, -0.1) is 11.3 Å². The van der Waals surface area contributed by atoms with Crippen LogP contribution in [0.3, 0.4) is 0 Å². The number of thiazole rings is 1. The SMILES string of the molecule is CN(CC(F)F)c1nc(CNC(C)(C)C)cs1. The highest BCUT2D eigenvalue weighted by Crippen LogP contribution is 2.20. The van der Waals surface area contributed by atoms with Crippen LogP contribution in [0.1, 0.15) is 26.5 Å². The second kappa shape index (κ2) is 5.73. The van der Waals surface area contributed by atoms with E-state index in [9.17, 15) is 8.78 Å². The van der Waals surface area contributed by atoms with E-state index in [-0.39, 0.29) is 12.1 Å². The maximum absolute atomic E-state index is 12.2. The summed E-state index contributed by atoms with van der Waals surface area (Å²) >= 11 is 1.39. The van der Waals surface area contributed by atoms with Gasteiger partial charge in [-0.2, -0.15) is 0 Å². The third-order valence-electron chi connectivity index (χ3n) is 2.08. The number of rotatable bonds is 5. The molecule has 3 nitrogen and oxygen atoms in total. The standard InChI is InChI=1S/C11H19F2N3S/c1-11(2,3)14-5-8-7-17-10(15-8)16(4)6-9(12)13/h7,9,14H,5-6H2,1-4H3. The maximum atomic E-state index is 12.2. The van der Waals surface area contributed by atoms with Crippen molar-refractivity contribution in [2.24, 2.45) is 0 Å². The Balaban J connectivity index is 2.53. The molecule has 17 heavy (non-hydrogen) atoms. The summed E-state index contributed by atoms with van der Waals surface area (Å²) in [4.78, 5) is 5.80. The molecule has 1 aromatic heterocycles. The van der Waals surface area contributed by atoms with E-state index in [0.29, 0.717) is 11.7 Å². The summed E-state index contributed by atoms with van der Waals surface area (Å²) < 4.78 is 24.4. The van der Waals surface area contributed by atoms with Crippen molar-refractivity contribution in [1.82, 2.24) is 10.3 Å². The van der Waals surface area contributed by atoms with Crippen LogP contribution >= 0.6 is 11.3 Å². The zero-order valence-corrected chi connectivity index (χ0v) is 11.4. The molecule has 0 saturated carbocycles. The first kappa shape index (κ1) is 14.3. The third kappa shape index (κ3) is 5.41. The molecule has 1 heterocycles. The molecule has 1 aromatic rings. The molecule has 0 bridgehead atoms. The van der Waals surface area contributed by atoms with E-state index >= 15 is 0 Å². The smallest absolute Gasteiger partial charge is 0.255 e. The van der Waals surface area contributed by atoms with Crippen LogP contribution in [0.25, 0.3) is 0 Å². The highest BCUT2D eigenvalue weighted by molar-refractivity contribution is 7.13. The fraction of sp³-hybridized carbons (Fsp3) is 0.727. The lowest BCUT2D eigenvalue weighted by Crippen LogP contribution is -2.35. The minimum Gasteiger partial charge on any atom is -0.345 e. The molecule has 0 spiro atoms. The summed E-state index contributed by atoms with van der Waals surface area (Å²) in [6.07, 6.45) is -2.33. The van der Waals surface area contributed by atoms with Crippen LogP contribution in [0.5, 0.6) is 0 Å². The van der Waals surface area contributed by atoms with Gasteiger partial charge in [0.2, 0.25) is 0 Å². The molecular weight excluding hydrogens is 244 g/mol. The molecular formula is C11H19F2N3S. The third-order valence-corrected chi connectivity index (χ3v) is 3.08. The molecule has 0 aliphatic rings. The van der Waals surface area contributed by atoms with Gasteiger partial charge in [0.1, 0.15) is 0 Å². The topological polar surface area (TPSA) is 28.2 Å². The first-order chi connectivity index (χ1) is 7.78. The average Bonchev–Trinajstić information content (AvgIpc) is 2.60. The minimum atomic E-state index is -2.33. The van der Waals surface area contributed by atoms with Gasteiger partial charge in [-0.3, -0.25) is 0 Å². The van der Waals surface area contributed by atoms with Crippen molar-refractivity contribution >= 4 is 16.5 Å². The summed E-state index contributed by atoms with van der Waals surface area (Å²) in [6.45, 7) is 6.60. The van der Waals surface area contributed by atoms with Crippen molar-refractivity contribution in [3.8, 4) is 0 Å². The van der Waals surface area contributed by atoms with Crippen LogP contribution in [0.4, 0.5) is 13.9 Å². The van der Waals surface area contributed by atoms with Crippen LogP contribution in [0.15, 0.2) is 5.38 Å². The second-order valence-corrected chi connectivity index (χ2v) is 5.83. The molecule has 0 aliphatic carbocycles. The molecule has 0 aromatic carbocycles. The van der Waals surface area contributed by atoms with Gasteiger partial charge < -0.3 is 10.2 Å². The number of aromatic nitrogens is 1. The Morgan fingerprint density at radius 3 is 2.65 bits per heavy atom. The first-order valence-corrected chi connectivity index (χ1v) is 6.34. The molecule has 0 radical (unpaired) electrons. The Morgan fingerprint density at radius 2 is 2.12 bits per heavy atom. The van der Waals surface area contributed by atoms with Gasteiger partial charge in [0.15, 0.2) is 5.13 Å². The van der Waals surface area contributed by atoms with E-state index in [2.05, 4.69) is 31.1 Å². The fourth-order valence-electron chi connectivity index (χ4n) is 1.19. The largest absolute Gasteiger partial charge is 0.345 e. The number of nitrogens with zero attached hydrogens (tertiary/aromatic N) is 2. The molecule has 0 saturated heterocycles. The quantitative estimate of drug-likeness (QED) is 0.885. The van der Waals surface area contributed by atoms with Crippen LogP contribution in [0.2, 0.25) is 0 Å². The van der Waals surface area contributed by atoms with Gasteiger partial charge in [-0.25, -0.2) is 13.8 Å². The summed E-state index contributed by atoms with van der Waals surface area (Å²) in [5, 5.41) is 5.84. The lowest BCUT2D eigenvalue weighted by atomic mass is 10.1. The van der Waals surface area contributed by atoms with Gasteiger partial charge in [0.05, 0.1) is 12.2 Å². The second-order valence-electron chi connectivity index (χ2n) is 5.00. The number of halogens is 2. The monoisotopic (exact) mass is 263 g/mol. The Kier molecular flexibility index (Phi) is 4.82. The molecule has 98 valence electrons. The Labute approximate surface area is 105 Å². The molecule has 0 aliphatic heterocycles. The van der Waals surface area contributed by atoms with E-state index in [0.717, 1.165) is 5.69 Å². The molecule has 0 amide bonds. The fourth-order valence-corrected chi connectivity index (χ4v) is 2.00. The number of hydrogen-bond donors (Lipinski definition) is 1. The zero-order valence-electron chi connectivity index (χ0n) is 10.6. The van der Waals surface area contributed by atoms with E-state index in [1.165, 1.54) is 16.2 Å². The van der Waals surface area contributed by atoms with Crippen LogP contribution in [0, 0.1) is 0 Å². The lowest BCUT2D eigenvalue weighted by Gasteiger charge is -2.19. The van der Waals surface area contributed by atoms with Gasteiger partial charge in [-0.1, -0.05) is 0 Å². The zero-order chi connectivity index (χ0) is 13.1. The molecule has 1 N–H and O–H groups in total. The highest BCUT2D eigenvalue weighted by Gasteiger charge is 2.13. The average molecular weight is 263 g/mol. The van der Waals surface area contributed by atoms with Crippen molar-refractivity contribution in [3.63, 3.8) is 0 Å². The maximum Gasteiger partial charge on any atom is 0.255 e. The van der Waals surface area contributed by atoms with Crippen LogP contribution in [-0.4, -0.2) is 30.5 Å². The molecule has 1 rings (SSSR count). The van der Waals surface area contributed by atoms with Crippen molar-refractivity contribution in [2.75, 3.05) is 18.5 Å². The normalized spacial score (nSPS) is 12.2. The minimum absolute atomic E-state index is 0.0264. The Bertz CT molecular complexity index is 347. The van der Waals surface area contributed by atoms with Gasteiger partial charge in [0, 0.05) is 24.5 Å². The van der Waals surface area contributed by atoms with Crippen LogP contribution < -0.4 is 10.2 Å². The Morgan fingerprint density at radius 1 is 1.47 bits per heavy atom. The lowest BCUT2D eigenvalue weighted by molar-refractivity contribution is 0.156. The summed E-state index contributed by atoms with van der Waals surface area (Å²) in [5.74, 6) is 0. The van der Waals surface area contributed by atoms with Crippen molar-refractivity contribution in [2.45, 2.75) is 39.3 Å². The van der Waals surface area contributed by atoms with Crippen molar-refractivity contribution < 1.29 is 8.78 Å². The number of hydrogen-bond acceptors (Lipinski definition) is 4. The summed E-state index contributed by atoms with van der Waals surface area (Å²) in [6, 6.07) is 0. The van der Waals surface area contributed by atoms with Gasteiger partial charge >= 0.3 is 0 Å². The summed E-state index contributed by atoms with van der Waals surface area (Å²) in [5.41, 5.74) is 0.916. The molecule has 0 atom stereocenters. The van der Waals surface area contributed by atoms with Gasteiger partial charge in [0.25, 0.3) is 6.43 Å². The van der Waals surface area contributed by atoms with E-state index in [1.54, 1.807) is 7.05 Å². The van der Waals surface area contributed by atoms with Crippen LogP contribution in [-0.2, 0) is 6.54 Å². The Hall–Kier alpha value is -0.750. The summed E-state index contributed by atoms with van der Waals surface area (Å²) in [7, 11) is 1.63. The number of alkyl halides is 2. The molecule has 0 unspecified atom stereocenters. The van der Waals surface area contributed by atoms with E-state index in [4.69, 9.17) is 0 Å². The predicted molar refractivity (Wildman–Crippen MR) is 68.0 cm³/mol. The highest BCUT2D eigenvalue weighted by atomic mass is 32.1. The molecule has 0 fully saturated rings. The molecule has 6 heteroatoms. The van der Waals surface area contributed by atoms with E-state index in [1.807, 2.05) is 5.38 Å². The van der Waals surface area contributed by atoms with E-state index < -0.39 is 6.43 Å². The van der Waals surface area contributed by atoms with Crippen molar-refractivity contribution in [1.29, 1.82) is 0 Å². The predicted octanol–water partition coefficient (Wildman–Crippen LogP) is 2.73. The number of anilines is 1. The van der Waals surface area contributed by atoms with Crippen molar-refractivity contribution in [3.05, 3.63) is 11.1 Å². The number of nitrogens with one attached hydrogen (secondary N) is 1. The first-order valence-electron chi connectivity index (χ1n) is 5.46.